The molecule has 0 N–H and O–H groups in total. The van der Waals surface area contributed by atoms with Gasteiger partial charge in [0.25, 0.3) is 5.91 Å². The molecule has 3 aromatic rings. The van der Waals surface area contributed by atoms with E-state index in [1.807, 2.05) is 36.1 Å². The maximum absolute atomic E-state index is 13.8. The molecule has 0 aliphatic carbocycles. The van der Waals surface area contributed by atoms with Gasteiger partial charge in [-0.05, 0) is 66.6 Å². The average molecular weight is 532 g/mol. The molecule has 4 rings (SSSR count). The van der Waals surface area contributed by atoms with Crippen molar-refractivity contribution in [1.82, 2.24) is 9.80 Å². The Labute approximate surface area is 220 Å². The zero-order chi connectivity index (χ0) is 24.8. The summed E-state index contributed by atoms with van der Waals surface area (Å²) in [5, 5.41) is 3.12. The van der Waals surface area contributed by atoms with Gasteiger partial charge in [-0.2, -0.15) is 0 Å². The van der Waals surface area contributed by atoms with Gasteiger partial charge in [0.15, 0.2) is 0 Å². The molecule has 1 aliphatic rings. The Morgan fingerprint density at radius 2 is 1.91 bits per heavy atom. The molecule has 1 aliphatic heterocycles. The van der Waals surface area contributed by atoms with E-state index < -0.39 is 0 Å². The zero-order valence-corrected chi connectivity index (χ0v) is 21.9. The fourth-order valence-corrected chi connectivity index (χ4v) is 5.83. The van der Waals surface area contributed by atoms with Crippen molar-refractivity contribution in [2.24, 2.45) is 0 Å². The van der Waals surface area contributed by atoms with Gasteiger partial charge in [-0.15, -0.1) is 11.3 Å². The Bertz CT molecular complexity index is 1170. The third kappa shape index (κ3) is 6.07. The second-order valence-corrected chi connectivity index (χ2v) is 10.2. The van der Waals surface area contributed by atoms with Crippen LogP contribution in [0.15, 0.2) is 60.0 Å². The number of hydrogen-bond acceptors (Lipinski definition) is 4. The van der Waals surface area contributed by atoms with Gasteiger partial charge in [-0.3, -0.25) is 9.59 Å². The van der Waals surface area contributed by atoms with Crippen LogP contribution in [0.1, 0.15) is 45.7 Å². The van der Waals surface area contributed by atoms with Crippen LogP contribution in [0.4, 0.5) is 0 Å². The first-order chi connectivity index (χ1) is 17.0. The summed E-state index contributed by atoms with van der Waals surface area (Å²) in [5.74, 6) is -0.275. The second-order valence-electron chi connectivity index (χ2n) is 8.35. The number of carbonyl (C=O) groups excluding carboxylic acids is 2. The summed E-state index contributed by atoms with van der Waals surface area (Å²) in [7, 11) is 0. The van der Waals surface area contributed by atoms with Crippen molar-refractivity contribution in [3.05, 3.63) is 91.6 Å². The molecule has 0 bridgehead atoms. The number of ether oxygens (including phenoxy) is 1. The van der Waals surface area contributed by atoms with E-state index in [4.69, 9.17) is 27.9 Å². The van der Waals surface area contributed by atoms with Gasteiger partial charge in [0.05, 0.1) is 6.04 Å². The largest absolute Gasteiger partial charge is 0.382 e. The summed E-state index contributed by atoms with van der Waals surface area (Å²) in [4.78, 5) is 31.8. The molecule has 0 spiro atoms. The predicted octanol–water partition coefficient (Wildman–Crippen LogP) is 6.10. The molecular weight excluding hydrogens is 503 g/mol. The molecular formula is C27H28Cl2N2O3S. The van der Waals surface area contributed by atoms with Crippen LogP contribution in [0.25, 0.3) is 0 Å². The van der Waals surface area contributed by atoms with E-state index >= 15 is 0 Å². The highest BCUT2D eigenvalue weighted by molar-refractivity contribution is 7.10. The molecule has 1 unspecified atom stereocenters. The maximum atomic E-state index is 13.8. The first kappa shape index (κ1) is 25.7. The molecule has 8 heteroatoms. The molecule has 5 nitrogen and oxygen atoms in total. The number of rotatable bonds is 9. The summed E-state index contributed by atoms with van der Waals surface area (Å²) >= 11 is 14.4. The number of benzene rings is 2. The molecule has 0 saturated carbocycles. The van der Waals surface area contributed by atoms with E-state index in [1.54, 1.807) is 40.5 Å². The van der Waals surface area contributed by atoms with Gasteiger partial charge < -0.3 is 14.5 Å². The highest BCUT2D eigenvalue weighted by atomic mass is 35.5. The van der Waals surface area contributed by atoms with E-state index in [0.29, 0.717) is 48.3 Å². The van der Waals surface area contributed by atoms with Gasteiger partial charge in [-0.25, -0.2) is 0 Å². The summed E-state index contributed by atoms with van der Waals surface area (Å²) in [6.45, 7) is 4.07. The van der Waals surface area contributed by atoms with E-state index in [9.17, 15) is 9.59 Å². The van der Waals surface area contributed by atoms with Crippen LogP contribution >= 0.6 is 34.5 Å². The van der Waals surface area contributed by atoms with Gasteiger partial charge in [-0.1, -0.05) is 47.5 Å². The number of carbonyl (C=O) groups is 2. The molecule has 1 atom stereocenters. The van der Waals surface area contributed by atoms with E-state index in [1.165, 1.54) is 4.88 Å². The van der Waals surface area contributed by atoms with Crippen molar-refractivity contribution in [3.8, 4) is 0 Å². The number of halogens is 2. The number of amides is 2. The molecule has 0 radical (unpaired) electrons. The average Bonchev–Trinajstić information content (AvgIpc) is 3.35. The molecule has 35 heavy (non-hydrogen) atoms. The van der Waals surface area contributed by atoms with E-state index in [2.05, 4.69) is 11.4 Å². The molecule has 2 amide bonds. The SMILES string of the molecule is CCOCCCN(CC(=O)N1CCc2sccc2C1c1ccc(Cl)cc1Cl)C(=O)c1ccccc1. The lowest BCUT2D eigenvalue weighted by Crippen LogP contribution is -2.47. The topological polar surface area (TPSA) is 49.9 Å². The molecule has 1 aromatic heterocycles. The van der Waals surface area contributed by atoms with Crippen LogP contribution in [0, 0.1) is 0 Å². The number of hydrogen-bond donors (Lipinski definition) is 0. The minimum atomic E-state index is -0.320. The summed E-state index contributed by atoms with van der Waals surface area (Å²) in [5.41, 5.74) is 2.48. The van der Waals surface area contributed by atoms with E-state index in [-0.39, 0.29) is 24.4 Å². The van der Waals surface area contributed by atoms with Crippen LogP contribution in [-0.2, 0) is 16.0 Å². The highest BCUT2D eigenvalue weighted by Crippen LogP contribution is 2.41. The van der Waals surface area contributed by atoms with Crippen molar-refractivity contribution in [3.63, 3.8) is 0 Å². The molecule has 2 aromatic carbocycles. The smallest absolute Gasteiger partial charge is 0.254 e. The Morgan fingerprint density at radius 3 is 2.66 bits per heavy atom. The molecule has 0 fully saturated rings. The minimum Gasteiger partial charge on any atom is -0.382 e. The Hall–Kier alpha value is -2.38. The standard InChI is InChI=1S/C27H28Cl2N2O3S/c1-2-34-15-6-13-30(27(33)19-7-4-3-5-8-19)18-25(32)31-14-11-24-22(12-16-35-24)26(31)21-10-9-20(28)17-23(21)29/h3-5,7-10,12,16-17,26H,2,6,11,13-15,18H2,1H3. The lowest BCUT2D eigenvalue weighted by atomic mass is 9.93. The summed E-state index contributed by atoms with van der Waals surface area (Å²) < 4.78 is 5.46. The van der Waals surface area contributed by atoms with Crippen molar-refractivity contribution in [2.45, 2.75) is 25.8 Å². The fourth-order valence-electron chi connectivity index (χ4n) is 4.42. The van der Waals surface area contributed by atoms with Crippen molar-refractivity contribution in [1.29, 1.82) is 0 Å². The molecule has 184 valence electrons. The van der Waals surface area contributed by atoms with Gasteiger partial charge in [0.2, 0.25) is 5.91 Å². The Balaban J connectivity index is 1.60. The first-order valence-electron chi connectivity index (χ1n) is 11.7. The van der Waals surface area contributed by atoms with Gasteiger partial charge in [0, 0.05) is 46.8 Å². The highest BCUT2D eigenvalue weighted by Gasteiger charge is 2.35. The number of nitrogens with zero attached hydrogens (tertiary/aromatic N) is 2. The van der Waals surface area contributed by atoms with Crippen LogP contribution < -0.4 is 0 Å². The molecule has 0 saturated heterocycles. The zero-order valence-electron chi connectivity index (χ0n) is 19.6. The lowest BCUT2D eigenvalue weighted by Gasteiger charge is -2.38. The minimum absolute atomic E-state index is 0.0129. The Morgan fingerprint density at radius 1 is 1.11 bits per heavy atom. The number of thiophene rings is 1. The Kier molecular flexibility index (Phi) is 8.84. The predicted molar refractivity (Wildman–Crippen MR) is 141 cm³/mol. The quantitative estimate of drug-likeness (QED) is 0.314. The first-order valence-corrected chi connectivity index (χ1v) is 13.4. The van der Waals surface area contributed by atoms with Gasteiger partial charge in [0.1, 0.15) is 6.54 Å². The van der Waals surface area contributed by atoms with Crippen LogP contribution in [0.5, 0.6) is 0 Å². The lowest BCUT2D eigenvalue weighted by molar-refractivity contribution is -0.134. The second kappa shape index (κ2) is 12.0. The normalized spacial score (nSPS) is 15.1. The van der Waals surface area contributed by atoms with Crippen molar-refractivity contribution < 1.29 is 14.3 Å². The number of fused-ring (bicyclic) bond motifs is 1. The van der Waals surface area contributed by atoms with E-state index in [0.717, 1.165) is 17.5 Å². The third-order valence-electron chi connectivity index (χ3n) is 6.10. The summed E-state index contributed by atoms with van der Waals surface area (Å²) in [6.07, 6.45) is 1.43. The van der Waals surface area contributed by atoms with Crippen molar-refractivity contribution in [2.75, 3.05) is 32.8 Å². The summed E-state index contributed by atoms with van der Waals surface area (Å²) in [6, 6.07) is 16.2. The molecule has 2 heterocycles. The van der Waals surface area contributed by atoms with Crippen LogP contribution in [-0.4, -0.2) is 54.5 Å². The van der Waals surface area contributed by atoms with Crippen molar-refractivity contribution >= 4 is 46.4 Å². The third-order valence-corrected chi connectivity index (χ3v) is 7.66. The van der Waals surface area contributed by atoms with Crippen LogP contribution in [0.3, 0.4) is 0 Å². The maximum Gasteiger partial charge on any atom is 0.254 e. The van der Waals surface area contributed by atoms with Gasteiger partial charge >= 0.3 is 0 Å². The fraction of sp³-hybridized carbons (Fsp3) is 0.333. The van der Waals surface area contributed by atoms with Crippen LogP contribution in [0.2, 0.25) is 10.0 Å². The monoisotopic (exact) mass is 530 g/mol.